The number of nitrogens with zero attached hydrogens (tertiary/aromatic N) is 1. The van der Waals surface area contributed by atoms with Gasteiger partial charge in [-0.3, -0.25) is 9.59 Å². The number of amides is 2. The third-order valence-corrected chi connectivity index (χ3v) is 7.58. The first kappa shape index (κ1) is 22.2. The normalized spacial score (nSPS) is 13.0. The number of rotatable bonds is 7. The molecule has 6 nitrogen and oxygen atoms in total. The maximum Gasteiger partial charge on any atom is 0.273 e. The summed E-state index contributed by atoms with van der Waals surface area (Å²) in [7, 11) is 0. The average Bonchev–Trinajstić information content (AvgIpc) is 3.52. The summed E-state index contributed by atoms with van der Waals surface area (Å²) >= 11 is 1.52. The number of carbonyl (C=O) groups excluding carboxylic acids is 2. The lowest BCUT2D eigenvalue weighted by molar-refractivity contribution is 0.0958. The van der Waals surface area contributed by atoms with Crippen molar-refractivity contribution >= 4 is 39.3 Å². The Kier molecular flexibility index (Phi) is 6.11. The van der Waals surface area contributed by atoms with Crippen LogP contribution in [0.15, 0.2) is 59.7 Å². The molecule has 0 atom stereocenters. The van der Waals surface area contributed by atoms with Gasteiger partial charge in [0.2, 0.25) is 0 Å². The molecule has 3 aromatic heterocycles. The smallest absolute Gasteiger partial charge is 0.273 e. The van der Waals surface area contributed by atoms with Crippen LogP contribution in [0.1, 0.15) is 55.3 Å². The van der Waals surface area contributed by atoms with Gasteiger partial charge in [0.15, 0.2) is 5.58 Å². The van der Waals surface area contributed by atoms with Gasteiger partial charge >= 0.3 is 0 Å². The summed E-state index contributed by atoms with van der Waals surface area (Å²) in [5.74, 6) is -0.421. The van der Waals surface area contributed by atoms with Crippen molar-refractivity contribution in [2.45, 2.75) is 39.2 Å². The monoisotopic (exact) mass is 473 g/mol. The summed E-state index contributed by atoms with van der Waals surface area (Å²) in [5, 5.41) is 6.56. The minimum absolute atomic E-state index is 0.168. The summed E-state index contributed by atoms with van der Waals surface area (Å²) in [5.41, 5.74) is 5.97. The lowest BCUT2D eigenvalue weighted by atomic mass is 9.95. The molecule has 0 saturated carbocycles. The van der Waals surface area contributed by atoms with Gasteiger partial charge in [-0.1, -0.05) is 30.3 Å². The first-order chi connectivity index (χ1) is 16.6. The largest absolute Gasteiger partial charge is 0.463 e. The maximum absolute atomic E-state index is 13.6. The van der Waals surface area contributed by atoms with Crippen LogP contribution in [0.25, 0.3) is 11.1 Å². The molecule has 0 spiro atoms. The number of carbonyl (C=O) groups is 2. The average molecular weight is 474 g/mol. The second-order valence-electron chi connectivity index (χ2n) is 8.58. The molecule has 4 aromatic rings. The molecule has 0 fully saturated rings. The molecule has 1 aliphatic rings. The number of fused-ring (bicyclic) bond motifs is 2. The number of hydrogen-bond donors (Lipinski definition) is 2. The molecule has 7 heteroatoms. The van der Waals surface area contributed by atoms with Crippen LogP contribution in [-0.4, -0.2) is 22.9 Å². The molecule has 0 bridgehead atoms. The highest BCUT2D eigenvalue weighted by molar-refractivity contribution is 7.17. The van der Waals surface area contributed by atoms with E-state index in [9.17, 15) is 9.59 Å². The van der Waals surface area contributed by atoms with Crippen LogP contribution in [0.5, 0.6) is 0 Å². The Morgan fingerprint density at radius 3 is 2.82 bits per heavy atom. The van der Waals surface area contributed by atoms with Gasteiger partial charge < -0.3 is 19.6 Å². The zero-order valence-corrected chi connectivity index (χ0v) is 20.0. The Labute approximate surface area is 202 Å². The number of nitrogens with one attached hydrogen (secondary N) is 2. The van der Waals surface area contributed by atoms with Gasteiger partial charge in [0, 0.05) is 30.1 Å². The van der Waals surface area contributed by atoms with E-state index in [1.807, 2.05) is 22.8 Å². The zero-order valence-electron chi connectivity index (χ0n) is 19.1. The van der Waals surface area contributed by atoms with E-state index in [1.165, 1.54) is 16.2 Å². The van der Waals surface area contributed by atoms with E-state index in [-0.39, 0.29) is 11.8 Å². The first-order valence-electron chi connectivity index (χ1n) is 11.5. The Morgan fingerprint density at radius 2 is 2.00 bits per heavy atom. The van der Waals surface area contributed by atoms with Crippen LogP contribution < -0.4 is 10.6 Å². The molecule has 0 aliphatic heterocycles. The third-order valence-electron chi connectivity index (χ3n) is 6.38. The molecule has 34 heavy (non-hydrogen) atoms. The summed E-state index contributed by atoms with van der Waals surface area (Å²) in [6, 6.07) is 11.8. The van der Waals surface area contributed by atoms with Crippen molar-refractivity contribution in [3.8, 4) is 0 Å². The number of thiophene rings is 1. The number of aromatic nitrogens is 1. The van der Waals surface area contributed by atoms with Crippen LogP contribution in [0.3, 0.4) is 0 Å². The fraction of sp³-hybridized carbons (Fsp3) is 0.259. The Hall–Kier alpha value is -3.58. The lowest BCUT2D eigenvalue weighted by Crippen LogP contribution is -2.26. The zero-order chi connectivity index (χ0) is 23.7. The highest BCUT2D eigenvalue weighted by Gasteiger charge is 2.27. The number of hydrogen-bond acceptors (Lipinski definition) is 4. The molecule has 1 aliphatic carbocycles. The van der Waals surface area contributed by atoms with Gasteiger partial charge in [-0.15, -0.1) is 17.9 Å². The minimum Gasteiger partial charge on any atom is -0.463 e. The minimum atomic E-state index is -0.253. The predicted molar refractivity (Wildman–Crippen MR) is 136 cm³/mol. The highest BCUT2D eigenvalue weighted by atomic mass is 32.1. The van der Waals surface area contributed by atoms with Crippen LogP contribution in [0.4, 0.5) is 5.00 Å². The molecule has 5 rings (SSSR count). The van der Waals surface area contributed by atoms with Crippen molar-refractivity contribution in [1.82, 2.24) is 9.88 Å². The fourth-order valence-corrected chi connectivity index (χ4v) is 5.89. The van der Waals surface area contributed by atoms with Gasteiger partial charge in [-0.2, -0.15) is 0 Å². The number of anilines is 1. The SMILES string of the molecule is C=CCNC(=O)c1c(NC(=O)c2cc3occc3n2Cc2ccccc2C)sc2c1CCCC2. The molecule has 1 aromatic carbocycles. The van der Waals surface area contributed by atoms with E-state index < -0.39 is 0 Å². The predicted octanol–water partition coefficient (Wildman–Crippen LogP) is 5.70. The maximum atomic E-state index is 13.6. The lowest BCUT2D eigenvalue weighted by Gasteiger charge is -2.14. The Bertz CT molecular complexity index is 1390. The van der Waals surface area contributed by atoms with Crippen molar-refractivity contribution in [2.75, 3.05) is 11.9 Å². The van der Waals surface area contributed by atoms with Gasteiger partial charge in [-0.05, 0) is 49.3 Å². The third kappa shape index (κ3) is 4.07. The standard InChI is InChI=1S/C27H27N3O3S/c1-3-13-28-26(32)24-19-10-6-7-11-23(19)34-27(24)29-25(31)21-15-22-20(12-14-33-22)30(21)16-18-9-5-4-8-17(18)2/h3-5,8-9,12,14-15H,1,6-7,10-11,13,16H2,2H3,(H,28,32)(H,29,31). The van der Waals surface area contributed by atoms with Crippen LogP contribution in [0, 0.1) is 6.92 Å². The number of furan rings is 1. The summed E-state index contributed by atoms with van der Waals surface area (Å²) in [6.45, 7) is 6.68. The van der Waals surface area contributed by atoms with Crippen molar-refractivity contribution in [3.05, 3.63) is 88.1 Å². The van der Waals surface area contributed by atoms with Gasteiger partial charge in [-0.25, -0.2) is 0 Å². The molecule has 0 unspecified atom stereocenters. The van der Waals surface area contributed by atoms with E-state index in [2.05, 4.69) is 36.3 Å². The fourth-order valence-electron chi connectivity index (χ4n) is 4.61. The van der Waals surface area contributed by atoms with E-state index in [1.54, 1.807) is 18.4 Å². The van der Waals surface area contributed by atoms with E-state index in [0.29, 0.717) is 34.9 Å². The molecule has 2 amide bonds. The van der Waals surface area contributed by atoms with E-state index in [4.69, 9.17) is 4.42 Å². The van der Waals surface area contributed by atoms with Crippen molar-refractivity contribution < 1.29 is 14.0 Å². The molecular formula is C27H27N3O3S. The molecule has 3 heterocycles. The molecular weight excluding hydrogens is 446 g/mol. The van der Waals surface area contributed by atoms with E-state index in [0.717, 1.165) is 47.9 Å². The molecule has 174 valence electrons. The van der Waals surface area contributed by atoms with Crippen LogP contribution >= 0.6 is 11.3 Å². The number of benzene rings is 1. The molecule has 0 radical (unpaired) electrons. The highest BCUT2D eigenvalue weighted by Crippen LogP contribution is 2.38. The second-order valence-corrected chi connectivity index (χ2v) is 9.69. The molecule has 2 N–H and O–H groups in total. The quantitative estimate of drug-likeness (QED) is 0.338. The van der Waals surface area contributed by atoms with Crippen molar-refractivity contribution in [1.29, 1.82) is 0 Å². The van der Waals surface area contributed by atoms with Crippen molar-refractivity contribution in [3.63, 3.8) is 0 Å². The van der Waals surface area contributed by atoms with Crippen LogP contribution in [-0.2, 0) is 19.4 Å². The number of aryl methyl sites for hydroxylation is 2. The summed E-state index contributed by atoms with van der Waals surface area (Å²) in [6.07, 6.45) is 7.24. The Morgan fingerprint density at radius 1 is 1.18 bits per heavy atom. The van der Waals surface area contributed by atoms with Crippen LogP contribution in [0.2, 0.25) is 0 Å². The first-order valence-corrected chi connectivity index (χ1v) is 12.3. The topological polar surface area (TPSA) is 76.3 Å². The summed E-state index contributed by atoms with van der Waals surface area (Å²) in [4.78, 5) is 27.8. The Balaban J connectivity index is 1.51. The second kappa shape index (κ2) is 9.35. The van der Waals surface area contributed by atoms with Gasteiger partial charge in [0.25, 0.3) is 11.8 Å². The summed E-state index contributed by atoms with van der Waals surface area (Å²) < 4.78 is 7.58. The van der Waals surface area contributed by atoms with Crippen molar-refractivity contribution in [2.24, 2.45) is 0 Å². The molecule has 0 saturated heterocycles. The van der Waals surface area contributed by atoms with Gasteiger partial charge in [0.05, 0.1) is 17.3 Å². The van der Waals surface area contributed by atoms with E-state index >= 15 is 0 Å². The van der Waals surface area contributed by atoms with Gasteiger partial charge in [0.1, 0.15) is 10.7 Å².